The van der Waals surface area contributed by atoms with E-state index in [1.807, 2.05) is 12.1 Å². The van der Waals surface area contributed by atoms with Crippen LogP contribution < -0.4 is 11.2 Å². The molecule has 1 aromatic carbocycles. The zero-order valence-corrected chi connectivity index (χ0v) is 19.2. The number of aromatic nitrogens is 1. The van der Waals surface area contributed by atoms with Crippen molar-refractivity contribution in [1.82, 2.24) is 9.88 Å². The molecule has 5 rings (SSSR count). The van der Waals surface area contributed by atoms with Crippen LogP contribution >= 0.6 is 11.3 Å². The summed E-state index contributed by atoms with van der Waals surface area (Å²) < 4.78 is -0.151. The van der Waals surface area contributed by atoms with Gasteiger partial charge in [-0.2, -0.15) is 10.8 Å². The molecule has 10 heteroatoms. The summed E-state index contributed by atoms with van der Waals surface area (Å²) in [7, 11) is 0. The number of benzene rings is 1. The number of quaternary nitrogens is 1. The minimum absolute atomic E-state index is 0.151. The lowest BCUT2D eigenvalue weighted by Gasteiger charge is -2.27. The average Bonchev–Trinajstić information content (AvgIpc) is 3.58. The van der Waals surface area contributed by atoms with Crippen LogP contribution in [0.25, 0.3) is 0 Å². The van der Waals surface area contributed by atoms with E-state index in [1.54, 1.807) is 54.1 Å². The van der Waals surface area contributed by atoms with Crippen LogP contribution in [0.1, 0.15) is 35.7 Å². The molecule has 1 saturated heterocycles. The van der Waals surface area contributed by atoms with Gasteiger partial charge >= 0.3 is 0 Å². The van der Waals surface area contributed by atoms with Crippen molar-refractivity contribution >= 4 is 40.3 Å². The van der Waals surface area contributed by atoms with E-state index in [1.165, 1.54) is 11.3 Å². The number of amides is 2. The number of allylic oxidation sites excluding steroid dienone is 1. The summed E-state index contributed by atoms with van der Waals surface area (Å²) in [6.45, 7) is 2.28. The molecule has 2 aromatic rings. The largest absolute Gasteiger partial charge is 0.323 e. The highest BCUT2D eigenvalue weighted by Gasteiger charge is 2.48. The minimum Gasteiger partial charge on any atom is -0.323 e. The number of fused-ring (bicyclic) bond motifs is 1. The molecule has 2 unspecified atom stereocenters. The van der Waals surface area contributed by atoms with Crippen LogP contribution in [0, 0.1) is 11.8 Å². The Hall–Kier alpha value is -3.91. The van der Waals surface area contributed by atoms with Gasteiger partial charge in [0.25, 0.3) is 17.6 Å². The van der Waals surface area contributed by atoms with Crippen molar-refractivity contribution in [1.29, 1.82) is 0 Å². The molecule has 4 heterocycles. The van der Waals surface area contributed by atoms with Gasteiger partial charge in [-0.25, -0.2) is 4.98 Å². The second-order valence-corrected chi connectivity index (χ2v) is 8.85. The Morgan fingerprint density at radius 2 is 2.12 bits per heavy atom. The number of nitrogens with one attached hydrogen (secondary N) is 1. The second-order valence-electron chi connectivity index (χ2n) is 7.96. The fourth-order valence-corrected chi connectivity index (χ4v) is 4.87. The third-order valence-electron chi connectivity index (χ3n) is 5.94. The number of carbonyl (C=O) groups excluding carboxylic acids is 2. The Kier molecular flexibility index (Phi) is 5.67. The van der Waals surface area contributed by atoms with Gasteiger partial charge in [0, 0.05) is 23.7 Å². The first-order valence-electron chi connectivity index (χ1n) is 10.8. The Morgan fingerprint density at radius 1 is 1.29 bits per heavy atom. The van der Waals surface area contributed by atoms with Crippen molar-refractivity contribution in [2.75, 3.05) is 11.9 Å². The molecule has 0 spiro atoms. The van der Waals surface area contributed by atoms with Gasteiger partial charge in [0.15, 0.2) is 5.13 Å². The molecule has 34 heavy (non-hydrogen) atoms. The highest BCUT2D eigenvalue weighted by molar-refractivity contribution is 7.13. The molecule has 2 amide bonds. The molecule has 170 valence electrons. The van der Waals surface area contributed by atoms with E-state index in [-0.39, 0.29) is 22.4 Å². The number of rotatable bonds is 4. The van der Waals surface area contributed by atoms with Crippen molar-refractivity contribution in [2.24, 2.45) is 15.8 Å². The van der Waals surface area contributed by atoms with Gasteiger partial charge in [-0.05, 0) is 50.0 Å². The van der Waals surface area contributed by atoms with Gasteiger partial charge in [-0.15, -0.1) is 15.9 Å². The zero-order chi connectivity index (χ0) is 23.7. The van der Waals surface area contributed by atoms with E-state index in [0.717, 1.165) is 29.8 Å². The predicted octanol–water partition coefficient (Wildman–Crippen LogP) is 2.63. The van der Waals surface area contributed by atoms with Crippen LogP contribution in [-0.4, -0.2) is 50.9 Å². The van der Waals surface area contributed by atoms with Crippen LogP contribution in [0.2, 0.25) is 0 Å². The highest BCUT2D eigenvalue weighted by Crippen LogP contribution is 2.37. The number of likely N-dealkylation sites (tertiary alicyclic amines) is 1. The third-order valence-corrected chi connectivity index (χ3v) is 6.63. The van der Waals surface area contributed by atoms with Crippen molar-refractivity contribution in [2.45, 2.75) is 25.8 Å². The van der Waals surface area contributed by atoms with Crippen molar-refractivity contribution in [3.05, 3.63) is 70.8 Å². The first kappa shape index (κ1) is 21.9. The Bertz CT molecular complexity index is 1330. The molecule has 0 bridgehead atoms. The lowest BCUT2D eigenvalue weighted by Crippen LogP contribution is -2.53. The van der Waals surface area contributed by atoms with Crippen LogP contribution in [-0.2, 0) is 4.79 Å². The van der Waals surface area contributed by atoms with Crippen LogP contribution in [0.3, 0.4) is 0 Å². The van der Waals surface area contributed by atoms with Gasteiger partial charge < -0.3 is 4.90 Å². The van der Waals surface area contributed by atoms with E-state index in [4.69, 9.17) is 10.8 Å². The number of hydrogen-bond donors (Lipinski definition) is 2. The first-order chi connectivity index (χ1) is 16.5. The molecule has 3 N–H and O–H groups in total. The predicted molar refractivity (Wildman–Crippen MR) is 130 cm³/mol. The Balaban J connectivity index is 1.47. The van der Waals surface area contributed by atoms with E-state index in [0.29, 0.717) is 23.1 Å². The zero-order valence-electron chi connectivity index (χ0n) is 18.4. The number of carbonyl (C=O) groups is 2. The molecule has 1 fully saturated rings. The molecule has 1 aromatic heterocycles. The van der Waals surface area contributed by atoms with Crippen molar-refractivity contribution < 1.29 is 14.2 Å². The SMILES string of the molecule is CC#CC(=O)N1CCCC1C1=C2C=NC=C[N+]2(N)C(c2ccc(C(=O)Nc3nccs3)cc2)=N1. The second kappa shape index (κ2) is 8.79. The Morgan fingerprint density at radius 3 is 2.85 bits per heavy atom. The Labute approximate surface area is 200 Å². The maximum Gasteiger partial charge on any atom is 0.299 e. The van der Waals surface area contributed by atoms with Crippen molar-refractivity contribution in [3.8, 4) is 11.8 Å². The summed E-state index contributed by atoms with van der Waals surface area (Å²) in [5.41, 5.74) is 2.71. The van der Waals surface area contributed by atoms with E-state index >= 15 is 0 Å². The molecular weight excluding hydrogens is 450 g/mol. The molecule has 0 aliphatic carbocycles. The van der Waals surface area contributed by atoms with Gasteiger partial charge in [-0.1, -0.05) is 5.92 Å². The summed E-state index contributed by atoms with van der Waals surface area (Å²) in [5, 5.41) is 5.11. The van der Waals surface area contributed by atoms with Gasteiger partial charge in [0.2, 0.25) is 5.70 Å². The lowest BCUT2D eigenvalue weighted by atomic mass is 10.1. The van der Waals surface area contributed by atoms with Gasteiger partial charge in [0.05, 0.1) is 24.0 Å². The summed E-state index contributed by atoms with van der Waals surface area (Å²) in [6, 6.07) is 6.89. The fourth-order valence-electron chi connectivity index (χ4n) is 4.35. The van der Waals surface area contributed by atoms with E-state index < -0.39 is 0 Å². The summed E-state index contributed by atoms with van der Waals surface area (Å²) in [6.07, 6.45) is 8.38. The number of thiazole rings is 1. The lowest BCUT2D eigenvalue weighted by molar-refractivity contribution is -0.750. The molecular formula is C24H22N7O2S+. The molecule has 9 nitrogen and oxygen atoms in total. The number of nitrogens with two attached hydrogens (primary N) is 1. The summed E-state index contributed by atoms with van der Waals surface area (Å²) in [5.74, 6) is 12.3. The van der Waals surface area contributed by atoms with E-state index in [9.17, 15) is 9.59 Å². The smallest absolute Gasteiger partial charge is 0.299 e. The first-order valence-corrected chi connectivity index (χ1v) is 11.7. The standard InChI is InChI=1S/C24H21N7O2S/c1-2-4-20(32)30-12-3-5-18(30)21-19-15-26-10-13-31(19,25)22(28-21)16-6-8-17(9-7-16)23(33)29-24-27-11-14-34-24/h6-11,13-15,18H,3,5,12,25H2,1H3/p+1. The maximum atomic E-state index is 12.6. The molecule has 0 radical (unpaired) electrons. The quantitative estimate of drug-likeness (QED) is 0.405. The number of amidine groups is 1. The normalized spacial score (nSPS) is 22.8. The average molecular weight is 473 g/mol. The van der Waals surface area contributed by atoms with Crippen LogP contribution in [0.5, 0.6) is 0 Å². The molecule has 0 saturated carbocycles. The fraction of sp³-hybridized carbons (Fsp3) is 0.208. The number of hydrogen-bond acceptors (Lipinski definition) is 7. The summed E-state index contributed by atoms with van der Waals surface area (Å²) in [4.78, 5) is 40.1. The highest BCUT2D eigenvalue weighted by atomic mass is 32.1. The summed E-state index contributed by atoms with van der Waals surface area (Å²) >= 11 is 1.36. The van der Waals surface area contributed by atoms with Gasteiger partial charge in [-0.3, -0.25) is 19.9 Å². The third kappa shape index (κ3) is 3.76. The molecule has 3 aliphatic rings. The van der Waals surface area contributed by atoms with Crippen molar-refractivity contribution in [3.63, 3.8) is 0 Å². The number of nitrogens with zero attached hydrogens (tertiary/aromatic N) is 5. The molecule has 3 aliphatic heterocycles. The topological polar surface area (TPSA) is 113 Å². The minimum atomic E-state index is -0.242. The number of aliphatic imine (C=N–C) groups is 2. The van der Waals surface area contributed by atoms with Gasteiger partial charge in [0.1, 0.15) is 11.9 Å². The molecule has 2 atom stereocenters. The monoisotopic (exact) mass is 472 g/mol. The van der Waals surface area contributed by atoms with Crippen LogP contribution in [0.15, 0.2) is 69.6 Å². The van der Waals surface area contributed by atoms with E-state index in [2.05, 4.69) is 27.1 Å². The number of anilines is 1. The van der Waals surface area contributed by atoms with Crippen LogP contribution in [0.4, 0.5) is 5.13 Å². The maximum absolute atomic E-state index is 12.6.